The second-order valence-electron chi connectivity index (χ2n) is 6.46. The number of alkyl halides is 6. The first kappa shape index (κ1) is 25.8. The van der Waals surface area contributed by atoms with Gasteiger partial charge in [0.2, 0.25) is 7.59 Å². The lowest BCUT2D eigenvalue weighted by Gasteiger charge is -2.23. The highest BCUT2D eigenvalue weighted by Gasteiger charge is 2.37. The number of aromatic nitrogens is 4. The summed E-state index contributed by atoms with van der Waals surface area (Å²) in [5, 5.41) is 8.17. The van der Waals surface area contributed by atoms with Crippen molar-refractivity contribution in [3.8, 4) is 0 Å². The second kappa shape index (κ2) is 10.2. The Kier molecular flexibility index (Phi) is 8.48. The number of ether oxygens (including phenoxy) is 1. The molecular weight excluding hydrogens is 562 g/mol. The Hall–Kier alpha value is 0.160. The molecule has 1 fully saturated rings. The van der Waals surface area contributed by atoms with Crippen molar-refractivity contribution in [1.29, 1.82) is 0 Å². The fourth-order valence-corrected chi connectivity index (χ4v) is 4.78. The van der Waals surface area contributed by atoms with Crippen LogP contribution in [0.5, 0.6) is 0 Å². The summed E-state index contributed by atoms with van der Waals surface area (Å²) in [5.74, 6) is 0.278. The zero-order chi connectivity index (χ0) is 22.9. The number of hydrogen-bond acceptors (Lipinski definition) is 9. The molecule has 2 N–H and O–H groups in total. The van der Waals surface area contributed by atoms with Gasteiger partial charge in [0, 0.05) is 12.6 Å². The molecule has 0 amide bonds. The van der Waals surface area contributed by atoms with Crippen molar-refractivity contribution in [3.63, 3.8) is 0 Å². The zero-order valence-corrected chi connectivity index (χ0v) is 20.9. The van der Waals surface area contributed by atoms with Gasteiger partial charge >= 0.3 is 7.82 Å². The molecule has 0 saturated carbocycles. The predicted octanol–water partition coefficient (Wildman–Crippen LogP) is 4.64. The molecule has 0 spiro atoms. The highest BCUT2D eigenvalue weighted by atomic mass is 35.6. The molecule has 2 unspecified atom stereocenters. The van der Waals surface area contributed by atoms with Gasteiger partial charge < -0.3 is 10.5 Å². The fraction of sp³-hybridized carbons (Fsp3) is 0.643. The number of nitrogen functional groups attached to an aromatic ring is 1. The van der Waals surface area contributed by atoms with Crippen LogP contribution in [0.1, 0.15) is 12.5 Å². The quantitative estimate of drug-likeness (QED) is 0.353. The van der Waals surface area contributed by atoms with Gasteiger partial charge in [0.1, 0.15) is 13.2 Å². The number of anilines is 1. The molecule has 2 aromatic rings. The van der Waals surface area contributed by atoms with Gasteiger partial charge in [0.05, 0.1) is 30.9 Å². The minimum absolute atomic E-state index is 0.163. The number of phosphoric ester groups is 1. The highest BCUT2D eigenvalue weighted by molar-refractivity contribution is 7.48. The van der Waals surface area contributed by atoms with Gasteiger partial charge in [-0.05, 0) is 6.07 Å². The van der Waals surface area contributed by atoms with E-state index in [0.717, 1.165) is 0 Å². The van der Waals surface area contributed by atoms with Crippen LogP contribution in [-0.2, 0) is 22.9 Å². The molecule has 1 aliphatic rings. The molecule has 1 saturated heterocycles. The van der Waals surface area contributed by atoms with Crippen molar-refractivity contribution >= 4 is 94.3 Å². The van der Waals surface area contributed by atoms with E-state index in [4.69, 9.17) is 93.6 Å². The first-order valence-electron chi connectivity index (χ1n) is 8.59. The fourth-order valence-electron chi connectivity index (χ4n) is 2.72. The monoisotopic (exact) mass is 575 g/mol. The Morgan fingerprint density at radius 3 is 2.42 bits per heavy atom. The van der Waals surface area contributed by atoms with Crippen LogP contribution in [0.15, 0.2) is 12.3 Å². The molecule has 0 aromatic carbocycles. The maximum absolute atomic E-state index is 12.9. The minimum atomic E-state index is -4.24. The van der Waals surface area contributed by atoms with Crippen molar-refractivity contribution in [2.75, 3.05) is 32.2 Å². The lowest BCUT2D eigenvalue weighted by molar-refractivity contribution is 0.0393. The van der Waals surface area contributed by atoms with Crippen molar-refractivity contribution < 1.29 is 22.9 Å². The number of nitrogens with zero attached hydrogens (tertiary/aromatic N) is 4. The second-order valence-corrected chi connectivity index (χ2v) is 13.2. The van der Waals surface area contributed by atoms with Crippen LogP contribution < -0.4 is 5.73 Å². The summed E-state index contributed by atoms with van der Waals surface area (Å²) in [4.78, 5) is 3.98. The number of halogens is 6. The van der Waals surface area contributed by atoms with Gasteiger partial charge in [-0.25, -0.2) is 14.2 Å². The highest BCUT2D eigenvalue weighted by Crippen LogP contribution is 2.53. The van der Waals surface area contributed by atoms with E-state index in [-0.39, 0.29) is 18.5 Å². The summed E-state index contributed by atoms with van der Waals surface area (Å²) in [6.07, 6.45) is 1.56. The summed E-state index contributed by atoms with van der Waals surface area (Å²) in [7, 11) is -4.24. The van der Waals surface area contributed by atoms with Gasteiger partial charge in [-0.1, -0.05) is 74.8 Å². The van der Waals surface area contributed by atoms with Gasteiger partial charge in [0.15, 0.2) is 11.3 Å². The van der Waals surface area contributed by atoms with Gasteiger partial charge in [-0.2, -0.15) is 0 Å². The maximum Gasteiger partial charge on any atom is 0.475 e. The third kappa shape index (κ3) is 7.58. The Labute approximate surface area is 207 Å². The Balaban J connectivity index is 1.62. The Morgan fingerprint density at radius 1 is 1.16 bits per heavy atom. The average molecular weight is 578 g/mol. The third-order valence-corrected chi connectivity index (χ3v) is 6.03. The molecular formula is C14H16Cl6N5O5P. The van der Waals surface area contributed by atoms with E-state index >= 15 is 0 Å². The number of pyridine rings is 1. The maximum atomic E-state index is 12.9. The van der Waals surface area contributed by atoms with Crippen molar-refractivity contribution in [2.24, 2.45) is 0 Å². The summed E-state index contributed by atoms with van der Waals surface area (Å²) in [5.41, 5.74) is 7.02. The van der Waals surface area contributed by atoms with Gasteiger partial charge in [0.25, 0.3) is 0 Å². The normalized spacial score (nSPS) is 20.6. The van der Waals surface area contributed by atoms with E-state index in [1.807, 2.05) is 0 Å². The summed E-state index contributed by atoms with van der Waals surface area (Å²) in [6.45, 7) is -1.01. The lowest BCUT2D eigenvalue weighted by atomic mass is 10.2. The SMILES string of the molecule is Nc1nccc2c1nnn2C1COC(COP(=O)(OCC(Cl)(Cl)Cl)OCC(Cl)(Cl)Cl)C1. The summed E-state index contributed by atoms with van der Waals surface area (Å²) >= 11 is 33.8. The lowest BCUT2D eigenvalue weighted by Crippen LogP contribution is -2.20. The Bertz CT molecular complexity index is 932. The third-order valence-electron chi connectivity index (χ3n) is 4.02. The van der Waals surface area contributed by atoms with Crippen LogP contribution in [0, 0.1) is 0 Å². The molecule has 17 heteroatoms. The molecule has 10 nitrogen and oxygen atoms in total. The molecule has 3 rings (SSSR count). The minimum Gasteiger partial charge on any atom is -0.382 e. The first-order chi connectivity index (χ1) is 14.4. The van der Waals surface area contributed by atoms with Crippen LogP contribution in [0.25, 0.3) is 11.0 Å². The van der Waals surface area contributed by atoms with E-state index in [1.54, 1.807) is 16.9 Å². The standard InChI is InChI=1S/C14H16Cl6N5O5P/c15-13(16,17)6-29-31(26,30-7-14(18,19)20)28-5-9-3-8(4-27-9)25-10-1-2-22-12(21)11(10)23-24-25/h1-2,8-9H,3-7H2,(H2,21,22). The van der Waals surface area contributed by atoms with Crippen molar-refractivity contribution in [3.05, 3.63) is 12.3 Å². The molecule has 3 heterocycles. The largest absolute Gasteiger partial charge is 0.475 e. The van der Waals surface area contributed by atoms with Crippen molar-refractivity contribution in [2.45, 2.75) is 26.2 Å². The molecule has 2 aromatic heterocycles. The Morgan fingerprint density at radius 2 is 1.81 bits per heavy atom. The molecule has 174 valence electrons. The number of rotatable bonds is 8. The molecule has 31 heavy (non-hydrogen) atoms. The molecule has 1 aliphatic heterocycles. The van der Waals surface area contributed by atoms with E-state index in [1.165, 1.54) is 0 Å². The first-order valence-corrected chi connectivity index (χ1v) is 12.3. The topological polar surface area (TPSA) is 124 Å². The van der Waals surface area contributed by atoms with E-state index in [2.05, 4.69) is 15.3 Å². The van der Waals surface area contributed by atoms with Crippen LogP contribution in [0.4, 0.5) is 5.82 Å². The molecule has 0 bridgehead atoms. The van der Waals surface area contributed by atoms with Crippen molar-refractivity contribution in [1.82, 2.24) is 20.0 Å². The number of hydrogen-bond donors (Lipinski definition) is 1. The molecule has 0 aliphatic carbocycles. The number of phosphoric acid groups is 1. The smallest absolute Gasteiger partial charge is 0.382 e. The van der Waals surface area contributed by atoms with Gasteiger partial charge in [-0.3, -0.25) is 13.6 Å². The van der Waals surface area contributed by atoms with Crippen LogP contribution >= 0.6 is 77.4 Å². The average Bonchev–Trinajstić information content (AvgIpc) is 3.30. The van der Waals surface area contributed by atoms with Gasteiger partial charge in [-0.15, -0.1) is 5.10 Å². The van der Waals surface area contributed by atoms with E-state index in [9.17, 15) is 4.57 Å². The van der Waals surface area contributed by atoms with E-state index < -0.39 is 34.7 Å². The summed E-state index contributed by atoms with van der Waals surface area (Å²) in [6, 6.07) is 1.59. The number of nitrogens with two attached hydrogens (primary N) is 1. The van der Waals surface area contributed by atoms with Crippen LogP contribution in [0.2, 0.25) is 0 Å². The van der Waals surface area contributed by atoms with Crippen LogP contribution in [-0.4, -0.2) is 60.1 Å². The molecule has 0 radical (unpaired) electrons. The van der Waals surface area contributed by atoms with Crippen LogP contribution in [0.3, 0.4) is 0 Å². The summed E-state index contributed by atoms with van der Waals surface area (Å²) < 4.78 is 32.0. The molecule has 2 atom stereocenters. The zero-order valence-electron chi connectivity index (χ0n) is 15.5. The predicted molar refractivity (Wildman–Crippen MR) is 119 cm³/mol. The van der Waals surface area contributed by atoms with E-state index in [0.29, 0.717) is 24.1 Å². The number of fused-ring (bicyclic) bond motifs is 1.